The predicted molar refractivity (Wildman–Crippen MR) is 87.4 cm³/mol. The third kappa shape index (κ3) is 4.95. The number of hydrogen-bond donors (Lipinski definition) is 3. The Labute approximate surface area is 136 Å². The molecule has 0 amide bonds. The minimum absolute atomic E-state index is 0.558. The lowest BCUT2D eigenvalue weighted by atomic mass is 10.3. The lowest BCUT2D eigenvalue weighted by Gasteiger charge is -2.06. The smallest absolute Gasteiger partial charge is 0.328 e. The minimum Gasteiger partial charge on any atom is -0.478 e. The Morgan fingerprint density at radius 3 is 2.25 bits per heavy atom. The van der Waals surface area contributed by atoms with Crippen LogP contribution in [0.5, 0.6) is 0 Å². The Kier molecular flexibility index (Phi) is 5.62. The molecule has 0 saturated carbocycles. The van der Waals surface area contributed by atoms with E-state index < -0.39 is 11.9 Å². The van der Waals surface area contributed by atoms with Gasteiger partial charge in [0.15, 0.2) is 0 Å². The molecule has 2 heterocycles. The zero-order valence-electron chi connectivity index (χ0n) is 12.4. The van der Waals surface area contributed by atoms with Crippen LogP contribution in [0.2, 0.25) is 0 Å². The van der Waals surface area contributed by atoms with Gasteiger partial charge in [-0.2, -0.15) is 9.89 Å². The number of rotatable bonds is 4. The largest absolute Gasteiger partial charge is 0.478 e. The fourth-order valence-electron chi connectivity index (χ4n) is 1.75. The Balaban J connectivity index is 0.000000224. The summed E-state index contributed by atoms with van der Waals surface area (Å²) in [6.45, 7) is 0. The number of benzene rings is 1. The summed E-state index contributed by atoms with van der Waals surface area (Å²) in [7, 11) is 0. The van der Waals surface area contributed by atoms with Crippen molar-refractivity contribution in [3.8, 4) is 0 Å². The lowest BCUT2D eigenvalue weighted by Crippen LogP contribution is -2.10. The summed E-state index contributed by atoms with van der Waals surface area (Å²) in [5.74, 6) is -2.51. The van der Waals surface area contributed by atoms with Crippen molar-refractivity contribution in [3.05, 3.63) is 67.1 Å². The normalized spacial score (nSPS) is 10.2. The van der Waals surface area contributed by atoms with Gasteiger partial charge >= 0.3 is 11.9 Å². The molecule has 0 aliphatic carbocycles. The van der Waals surface area contributed by atoms with Crippen LogP contribution in [0.1, 0.15) is 0 Å². The summed E-state index contributed by atoms with van der Waals surface area (Å²) in [5.41, 5.74) is 5.21. The number of carboxylic acids is 2. The van der Waals surface area contributed by atoms with E-state index in [1.165, 1.54) is 0 Å². The molecule has 8 heteroatoms. The maximum absolute atomic E-state index is 9.55. The number of fused-ring (bicyclic) bond motifs is 1. The van der Waals surface area contributed by atoms with E-state index in [-0.39, 0.29) is 0 Å². The average Bonchev–Trinajstić information content (AvgIpc) is 2.98. The summed E-state index contributed by atoms with van der Waals surface area (Å²) in [4.78, 5) is 24.8. The summed E-state index contributed by atoms with van der Waals surface area (Å²) in [6, 6.07) is 11.9. The zero-order chi connectivity index (χ0) is 17.4. The van der Waals surface area contributed by atoms with Crippen LogP contribution in [0.4, 0.5) is 5.69 Å². The molecule has 2 aromatic heterocycles. The standard InChI is InChI=1S/C12H10N4.C4H4O4/c1-2-4-12-10(3-1)9-14-16(12)15-11-5-7-13-8-6-11;5-3(6)1-2-4(7)8/h1-9H,(H,13,15);1-2H,(H,5,6)(H,7,8). The number of pyridine rings is 1. The van der Waals surface area contributed by atoms with Gasteiger partial charge in [-0.05, 0) is 18.2 Å². The molecule has 0 saturated heterocycles. The molecule has 1 aromatic carbocycles. The van der Waals surface area contributed by atoms with Gasteiger partial charge in [0.1, 0.15) is 0 Å². The van der Waals surface area contributed by atoms with Gasteiger partial charge in [-0.3, -0.25) is 10.4 Å². The van der Waals surface area contributed by atoms with Crippen LogP contribution in [-0.2, 0) is 9.59 Å². The van der Waals surface area contributed by atoms with E-state index in [4.69, 9.17) is 10.2 Å². The number of hydrogen-bond acceptors (Lipinski definition) is 5. The number of nitrogens with zero attached hydrogens (tertiary/aromatic N) is 3. The highest BCUT2D eigenvalue weighted by Crippen LogP contribution is 2.13. The molecular formula is C16H14N4O4. The van der Waals surface area contributed by atoms with Crippen molar-refractivity contribution >= 4 is 28.5 Å². The first-order valence-corrected chi connectivity index (χ1v) is 6.80. The Morgan fingerprint density at radius 2 is 1.62 bits per heavy atom. The van der Waals surface area contributed by atoms with Gasteiger partial charge in [0.25, 0.3) is 0 Å². The third-order valence-corrected chi connectivity index (χ3v) is 2.76. The fourth-order valence-corrected chi connectivity index (χ4v) is 1.75. The predicted octanol–water partition coefficient (Wildman–Crippen LogP) is 2.02. The van der Waals surface area contributed by atoms with Gasteiger partial charge in [0.2, 0.25) is 0 Å². The SMILES string of the molecule is O=C(O)C=CC(=O)O.c1ccc2c(c1)cnn2Nc1ccncc1. The minimum atomic E-state index is -1.26. The first kappa shape index (κ1) is 16.7. The van der Waals surface area contributed by atoms with Crippen molar-refractivity contribution in [2.75, 3.05) is 5.43 Å². The third-order valence-electron chi connectivity index (χ3n) is 2.76. The van der Waals surface area contributed by atoms with Gasteiger partial charge in [-0.25, -0.2) is 9.59 Å². The second kappa shape index (κ2) is 8.08. The number of anilines is 1. The summed E-state index contributed by atoms with van der Waals surface area (Å²) in [5, 5.41) is 21.0. The van der Waals surface area contributed by atoms with Crippen molar-refractivity contribution in [2.24, 2.45) is 0 Å². The topological polar surface area (TPSA) is 117 Å². The van der Waals surface area contributed by atoms with E-state index >= 15 is 0 Å². The molecule has 122 valence electrons. The maximum atomic E-state index is 9.55. The first-order valence-electron chi connectivity index (χ1n) is 6.80. The van der Waals surface area contributed by atoms with E-state index in [2.05, 4.69) is 15.5 Å². The van der Waals surface area contributed by atoms with Crippen LogP contribution in [0, 0.1) is 0 Å². The van der Waals surface area contributed by atoms with Crippen molar-refractivity contribution in [1.29, 1.82) is 0 Å². The molecule has 0 atom stereocenters. The van der Waals surface area contributed by atoms with E-state index in [9.17, 15) is 9.59 Å². The van der Waals surface area contributed by atoms with E-state index in [0.717, 1.165) is 16.6 Å². The molecule has 0 bridgehead atoms. The Morgan fingerprint density at radius 1 is 1.00 bits per heavy atom. The molecule has 0 radical (unpaired) electrons. The second-order valence-electron chi connectivity index (χ2n) is 4.47. The number of nitrogens with one attached hydrogen (secondary N) is 1. The number of aromatic nitrogens is 3. The number of aliphatic carboxylic acids is 2. The van der Waals surface area contributed by atoms with Gasteiger partial charge in [-0.1, -0.05) is 18.2 Å². The van der Waals surface area contributed by atoms with Crippen LogP contribution in [0.25, 0.3) is 10.9 Å². The highest BCUT2D eigenvalue weighted by atomic mass is 16.4. The van der Waals surface area contributed by atoms with Gasteiger partial charge in [0.05, 0.1) is 17.4 Å². The number of carboxylic acid groups (broad SMARTS) is 2. The van der Waals surface area contributed by atoms with Crippen LogP contribution < -0.4 is 5.43 Å². The quantitative estimate of drug-likeness (QED) is 0.628. The molecule has 3 N–H and O–H groups in total. The number of carbonyl (C=O) groups is 2. The van der Waals surface area contributed by atoms with E-state index in [1.54, 1.807) is 17.2 Å². The summed E-state index contributed by atoms with van der Waals surface area (Å²) >= 11 is 0. The van der Waals surface area contributed by atoms with Crippen LogP contribution in [-0.4, -0.2) is 37.0 Å². The van der Waals surface area contributed by atoms with Crippen LogP contribution in [0.3, 0.4) is 0 Å². The van der Waals surface area contributed by atoms with Crippen molar-refractivity contribution < 1.29 is 19.8 Å². The lowest BCUT2D eigenvalue weighted by molar-refractivity contribution is -0.134. The Bertz CT molecular complexity index is 843. The first-order chi connectivity index (χ1) is 11.6. The number of para-hydroxylation sites is 1. The molecular weight excluding hydrogens is 312 g/mol. The zero-order valence-corrected chi connectivity index (χ0v) is 12.4. The molecule has 3 rings (SSSR count). The van der Waals surface area contributed by atoms with Crippen LogP contribution >= 0.6 is 0 Å². The molecule has 0 fully saturated rings. The monoisotopic (exact) mass is 326 g/mol. The van der Waals surface area contributed by atoms with Crippen molar-refractivity contribution in [3.63, 3.8) is 0 Å². The Hall–Kier alpha value is -3.68. The molecule has 0 aliphatic rings. The second-order valence-corrected chi connectivity index (χ2v) is 4.47. The summed E-state index contributed by atoms with van der Waals surface area (Å²) < 4.78 is 0. The molecule has 0 unspecified atom stereocenters. The van der Waals surface area contributed by atoms with Crippen molar-refractivity contribution in [1.82, 2.24) is 14.9 Å². The van der Waals surface area contributed by atoms with Gasteiger partial charge in [-0.15, -0.1) is 0 Å². The van der Waals surface area contributed by atoms with Crippen molar-refractivity contribution in [2.45, 2.75) is 0 Å². The highest BCUT2D eigenvalue weighted by Gasteiger charge is 2.00. The van der Waals surface area contributed by atoms with Gasteiger partial charge < -0.3 is 10.2 Å². The average molecular weight is 326 g/mol. The highest BCUT2D eigenvalue weighted by molar-refractivity contribution is 5.89. The fraction of sp³-hybridized carbons (Fsp3) is 0. The molecule has 8 nitrogen and oxygen atoms in total. The van der Waals surface area contributed by atoms with Crippen LogP contribution in [0.15, 0.2) is 67.1 Å². The van der Waals surface area contributed by atoms with Gasteiger partial charge in [0, 0.05) is 29.9 Å². The maximum Gasteiger partial charge on any atom is 0.328 e. The van der Waals surface area contributed by atoms with E-state index in [0.29, 0.717) is 12.2 Å². The van der Waals surface area contributed by atoms with E-state index in [1.807, 2.05) is 42.6 Å². The molecule has 24 heavy (non-hydrogen) atoms. The molecule has 0 aliphatic heterocycles. The molecule has 3 aromatic rings. The summed E-state index contributed by atoms with van der Waals surface area (Å²) in [6.07, 6.45) is 6.44. The molecule has 0 spiro atoms.